The summed E-state index contributed by atoms with van der Waals surface area (Å²) in [4.78, 5) is 23.1. The lowest BCUT2D eigenvalue weighted by Gasteiger charge is -2.11. The van der Waals surface area contributed by atoms with Gasteiger partial charge in [0.25, 0.3) is 11.6 Å². The molecule has 1 aromatic heterocycles. The number of carbonyl (C=O) groups excluding carboxylic acids is 1. The van der Waals surface area contributed by atoms with E-state index in [0.29, 0.717) is 21.7 Å². The van der Waals surface area contributed by atoms with Crippen LogP contribution in [-0.2, 0) is 0 Å². The summed E-state index contributed by atoms with van der Waals surface area (Å²) in [6.07, 6.45) is 0. The molecule has 1 fully saturated rings. The maximum atomic E-state index is 12.7. The summed E-state index contributed by atoms with van der Waals surface area (Å²) < 4.78 is 2.01. The standard InChI is InChI=1S/C20H18N4O3S2/c1-13-12-18(23(22-13)16-6-8-17(9-7-16)24(26)27)21-19(25)14-2-4-15(5-3-14)20-28-10-11-29-20/h2-9,12,20H,10-11H2,1H3,(H,21,25). The van der Waals surface area contributed by atoms with Crippen LogP contribution in [0.5, 0.6) is 0 Å². The van der Waals surface area contributed by atoms with Crippen LogP contribution in [0.15, 0.2) is 54.6 Å². The van der Waals surface area contributed by atoms with E-state index in [-0.39, 0.29) is 11.6 Å². The number of nitro groups is 1. The average Bonchev–Trinajstić information content (AvgIpc) is 3.38. The lowest BCUT2D eigenvalue weighted by atomic mass is 10.1. The Kier molecular flexibility index (Phi) is 5.59. The third kappa shape index (κ3) is 4.30. The van der Waals surface area contributed by atoms with Crippen LogP contribution in [0, 0.1) is 17.0 Å². The summed E-state index contributed by atoms with van der Waals surface area (Å²) in [5, 5.41) is 18.1. The third-order valence-electron chi connectivity index (χ3n) is 4.45. The SMILES string of the molecule is Cc1cc(NC(=O)c2ccc(C3SCCS3)cc2)n(-c2ccc([N+](=O)[O-])cc2)n1. The van der Waals surface area contributed by atoms with Crippen LogP contribution in [0.1, 0.15) is 26.2 Å². The predicted octanol–water partition coefficient (Wildman–Crippen LogP) is 4.82. The average molecular weight is 427 g/mol. The molecule has 3 aromatic rings. The monoisotopic (exact) mass is 426 g/mol. The molecule has 0 bridgehead atoms. The minimum atomic E-state index is -0.451. The molecule has 0 aliphatic carbocycles. The number of hydrogen-bond donors (Lipinski definition) is 1. The van der Waals surface area contributed by atoms with Crippen LogP contribution in [0.2, 0.25) is 0 Å². The molecule has 0 spiro atoms. The number of aromatic nitrogens is 2. The molecule has 1 aliphatic rings. The first-order chi connectivity index (χ1) is 14.0. The van der Waals surface area contributed by atoms with E-state index in [1.807, 2.05) is 54.7 Å². The molecule has 0 saturated carbocycles. The van der Waals surface area contributed by atoms with Crippen molar-refractivity contribution in [3.63, 3.8) is 0 Å². The highest BCUT2D eigenvalue weighted by atomic mass is 32.2. The second-order valence-corrected chi connectivity index (χ2v) is 9.23. The first-order valence-electron chi connectivity index (χ1n) is 8.97. The van der Waals surface area contributed by atoms with Crippen molar-refractivity contribution in [1.82, 2.24) is 9.78 Å². The number of nitrogens with zero attached hydrogens (tertiary/aromatic N) is 3. The van der Waals surface area contributed by atoms with Gasteiger partial charge in [-0.05, 0) is 36.8 Å². The van der Waals surface area contributed by atoms with Gasteiger partial charge in [0.2, 0.25) is 0 Å². The Hall–Kier alpha value is -2.78. The molecule has 2 heterocycles. The summed E-state index contributed by atoms with van der Waals surface area (Å²) in [7, 11) is 0. The van der Waals surface area contributed by atoms with Crippen molar-refractivity contribution in [3.8, 4) is 5.69 Å². The Balaban J connectivity index is 1.53. The Morgan fingerprint density at radius 1 is 1.14 bits per heavy atom. The van der Waals surface area contributed by atoms with Gasteiger partial charge in [-0.2, -0.15) is 5.10 Å². The number of rotatable bonds is 5. The summed E-state index contributed by atoms with van der Waals surface area (Å²) in [6, 6.07) is 15.5. The highest BCUT2D eigenvalue weighted by Crippen LogP contribution is 2.45. The quantitative estimate of drug-likeness (QED) is 0.465. The normalized spacial score (nSPS) is 14.1. The van der Waals surface area contributed by atoms with Crippen molar-refractivity contribution in [2.75, 3.05) is 16.8 Å². The van der Waals surface area contributed by atoms with Crippen LogP contribution >= 0.6 is 23.5 Å². The van der Waals surface area contributed by atoms with E-state index in [0.717, 1.165) is 17.2 Å². The summed E-state index contributed by atoms with van der Waals surface area (Å²) in [5.41, 5.74) is 3.15. The molecule has 1 aliphatic heterocycles. The van der Waals surface area contributed by atoms with Gasteiger partial charge in [-0.3, -0.25) is 14.9 Å². The van der Waals surface area contributed by atoms with Gasteiger partial charge in [-0.15, -0.1) is 23.5 Å². The molecule has 0 unspecified atom stereocenters. The Morgan fingerprint density at radius 2 is 1.79 bits per heavy atom. The second-order valence-electron chi connectivity index (χ2n) is 6.51. The number of anilines is 1. The number of aryl methyl sites for hydroxylation is 1. The molecule has 2 aromatic carbocycles. The highest BCUT2D eigenvalue weighted by molar-refractivity contribution is 8.19. The van der Waals surface area contributed by atoms with Crippen LogP contribution in [0.25, 0.3) is 5.69 Å². The smallest absolute Gasteiger partial charge is 0.269 e. The van der Waals surface area contributed by atoms with Crippen molar-refractivity contribution >= 4 is 40.9 Å². The Morgan fingerprint density at radius 3 is 2.41 bits per heavy atom. The van der Waals surface area contributed by atoms with Crippen molar-refractivity contribution in [2.45, 2.75) is 11.5 Å². The number of amides is 1. The molecule has 7 nitrogen and oxygen atoms in total. The largest absolute Gasteiger partial charge is 0.306 e. The van der Waals surface area contributed by atoms with Crippen molar-refractivity contribution < 1.29 is 9.72 Å². The predicted molar refractivity (Wildman–Crippen MR) is 117 cm³/mol. The van der Waals surface area contributed by atoms with E-state index in [1.54, 1.807) is 22.9 Å². The van der Waals surface area contributed by atoms with E-state index < -0.39 is 4.92 Å². The van der Waals surface area contributed by atoms with Crippen LogP contribution in [-0.4, -0.2) is 32.1 Å². The van der Waals surface area contributed by atoms with Gasteiger partial charge in [-0.25, -0.2) is 4.68 Å². The summed E-state index contributed by atoms with van der Waals surface area (Å²) in [6.45, 7) is 1.82. The van der Waals surface area contributed by atoms with Gasteiger partial charge in [-0.1, -0.05) is 12.1 Å². The minimum Gasteiger partial charge on any atom is -0.306 e. The zero-order chi connectivity index (χ0) is 20.4. The van der Waals surface area contributed by atoms with E-state index in [4.69, 9.17) is 0 Å². The molecule has 148 valence electrons. The number of non-ortho nitro benzene ring substituents is 1. The van der Waals surface area contributed by atoms with Crippen LogP contribution in [0.3, 0.4) is 0 Å². The lowest BCUT2D eigenvalue weighted by molar-refractivity contribution is -0.384. The summed E-state index contributed by atoms with van der Waals surface area (Å²) in [5.74, 6) is 2.59. The maximum Gasteiger partial charge on any atom is 0.269 e. The van der Waals surface area contributed by atoms with E-state index >= 15 is 0 Å². The Labute approximate surface area is 176 Å². The first kappa shape index (κ1) is 19.5. The molecule has 1 N–H and O–H groups in total. The fourth-order valence-corrected chi connectivity index (χ4v) is 5.89. The second kappa shape index (κ2) is 8.30. The number of benzene rings is 2. The van der Waals surface area contributed by atoms with Gasteiger partial charge < -0.3 is 5.32 Å². The molecule has 1 amide bonds. The maximum absolute atomic E-state index is 12.7. The molecule has 0 atom stereocenters. The van der Waals surface area contributed by atoms with Gasteiger partial charge in [0.15, 0.2) is 0 Å². The number of nitrogens with one attached hydrogen (secondary N) is 1. The molecular formula is C20H18N4O3S2. The molecule has 9 heteroatoms. The Bertz CT molecular complexity index is 1040. The molecule has 0 radical (unpaired) electrons. The van der Waals surface area contributed by atoms with Crippen molar-refractivity contribution in [2.24, 2.45) is 0 Å². The number of carbonyl (C=O) groups is 1. The number of thioether (sulfide) groups is 2. The van der Waals surface area contributed by atoms with Gasteiger partial charge in [0.05, 0.1) is 20.9 Å². The molecule has 1 saturated heterocycles. The van der Waals surface area contributed by atoms with E-state index in [1.165, 1.54) is 17.7 Å². The number of nitro benzene ring substituents is 1. The summed E-state index contributed by atoms with van der Waals surface area (Å²) >= 11 is 3.85. The third-order valence-corrected chi connectivity index (χ3v) is 7.55. The molecule has 29 heavy (non-hydrogen) atoms. The van der Waals surface area contributed by atoms with Gasteiger partial charge in [0, 0.05) is 35.3 Å². The lowest BCUT2D eigenvalue weighted by Crippen LogP contribution is -2.15. The van der Waals surface area contributed by atoms with Gasteiger partial charge in [0.1, 0.15) is 5.82 Å². The molecule has 4 rings (SSSR count). The molecular weight excluding hydrogens is 408 g/mol. The minimum absolute atomic E-state index is 0.00175. The zero-order valence-corrected chi connectivity index (χ0v) is 17.2. The first-order valence-corrected chi connectivity index (χ1v) is 11.1. The van der Waals surface area contributed by atoms with Crippen molar-refractivity contribution in [3.05, 3.63) is 81.5 Å². The van der Waals surface area contributed by atoms with Crippen LogP contribution < -0.4 is 5.32 Å². The highest BCUT2D eigenvalue weighted by Gasteiger charge is 2.19. The zero-order valence-electron chi connectivity index (χ0n) is 15.6. The van der Waals surface area contributed by atoms with Crippen LogP contribution in [0.4, 0.5) is 11.5 Å². The van der Waals surface area contributed by atoms with Gasteiger partial charge >= 0.3 is 0 Å². The fraction of sp³-hybridized carbons (Fsp3) is 0.200. The van der Waals surface area contributed by atoms with E-state index in [9.17, 15) is 14.9 Å². The topological polar surface area (TPSA) is 90.1 Å². The fourth-order valence-electron chi connectivity index (χ4n) is 3.03. The van der Waals surface area contributed by atoms with Crippen molar-refractivity contribution in [1.29, 1.82) is 0 Å². The van der Waals surface area contributed by atoms with E-state index in [2.05, 4.69) is 10.4 Å². The number of hydrogen-bond acceptors (Lipinski definition) is 6.